The number of ketones is 4. The molecule has 0 aromatic carbocycles. The van der Waals surface area contributed by atoms with Crippen molar-refractivity contribution in [1.29, 1.82) is 0 Å². The first-order valence-electron chi connectivity index (χ1n) is 47.8. The fourth-order valence-corrected chi connectivity index (χ4v) is 18.9. The first-order valence-corrected chi connectivity index (χ1v) is 47.8. The molecule has 5 fully saturated rings. The summed E-state index contributed by atoms with van der Waals surface area (Å²) >= 11 is 0. The van der Waals surface area contributed by atoms with Gasteiger partial charge in [0.1, 0.15) is 65.5 Å². The topological polar surface area (TPSA) is 446 Å². The Bertz CT molecular complexity index is 5070. The minimum atomic E-state index is -2.49. The maximum Gasteiger partial charge on any atom is 0.329 e. The highest BCUT2D eigenvalue weighted by atomic mass is 16.6. The van der Waals surface area contributed by atoms with Crippen molar-refractivity contribution in [2.75, 3.05) is 135 Å². The number of nitrogens with one attached hydrogen (secondary N) is 2. The molecule has 3 amide bonds. The van der Waals surface area contributed by atoms with E-state index in [0.29, 0.717) is 182 Å². The molecule has 36 nitrogen and oxygen atoms in total. The zero-order valence-corrected chi connectivity index (χ0v) is 79.4. The third-order valence-electron chi connectivity index (χ3n) is 27.1. The smallest absolute Gasteiger partial charge is 0.329 e. The summed E-state index contributed by atoms with van der Waals surface area (Å²) in [6.07, 6.45) is 25.2. The Balaban J connectivity index is 0.526. The van der Waals surface area contributed by atoms with Crippen LogP contribution in [-0.2, 0) is 89.2 Å². The van der Waals surface area contributed by atoms with Crippen LogP contribution in [0.2, 0.25) is 0 Å². The quantitative estimate of drug-likeness (QED) is 0.0114. The number of H-pyrrole nitrogens is 1. The van der Waals surface area contributed by atoms with Crippen molar-refractivity contribution in [3.05, 3.63) is 114 Å². The molecular formula is C98H137N17O19. The van der Waals surface area contributed by atoms with Gasteiger partial charge in [0, 0.05) is 198 Å². The average Bonchev–Trinajstić information content (AvgIpc) is 1.57. The summed E-state index contributed by atoms with van der Waals surface area (Å²) in [7, 11) is 4.51. The first kappa shape index (κ1) is 102. The van der Waals surface area contributed by atoms with Gasteiger partial charge in [0.15, 0.2) is 11.4 Å². The van der Waals surface area contributed by atoms with Gasteiger partial charge in [-0.3, -0.25) is 43.3 Å². The van der Waals surface area contributed by atoms with Gasteiger partial charge in [-0.1, -0.05) is 77.5 Å². The maximum absolute atomic E-state index is 14.8. The molecule has 6 aromatic heterocycles. The minimum Gasteiger partial charge on any atom is -0.460 e. The highest BCUT2D eigenvalue weighted by Crippen LogP contribution is 2.40. The number of carbonyl (C=O) groups is 9. The van der Waals surface area contributed by atoms with Gasteiger partial charge < -0.3 is 83.7 Å². The number of anilines is 3. The summed E-state index contributed by atoms with van der Waals surface area (Å²) in [5, 5.41) is 33.2. The standard InChI is InChI=1S/C98H137N17O19/c1-62-19-13-11-14-20-63(2)79(127-8)54-75-26-23-68(7)98(126,134-75)89(122)94(124)114-34-18-16-22-76(114)95(125)133-80(55-77(117)64(3)50-67(6)87(121)88(129-10)86(120)66(5)49-62)65(4)51-69-24-27-78(81(52-69)128-9)132-83(119)28-25-70-56-103-96(104-57-70)113-42-40-111(41-43-113)82(118)31-46-131-48-44-110-36-38-112(39-37-110)97-105-59-73(60-106-97)93(123)101-33-47-130-45-30-74(116)21-15-12-17-35-115-92-84(90(99)107-61-108-92)85(109-115)72-53-71-29-32-100-91(71)102-58-72/h11,13-14,19-20,29,32,50,53,56-62,64-66,68-69,75-76,78-81,87-88,121,126H,12,15-18,21-28,30-31,33-49,51-52,54-55H2,1-10H3,(H,100,102)(H,101,123)(H2,99,107,108)/b14-11+,19-13+,63-20+,67-50+/t62-,64-,65-,66-,68-,69+,75+,76+,78-,79+,80+,81-,87-,88+,98-/m1/s1. The lowest BCUT2D eigenvalue weighted by Gasteiger charge is -2.42. The van der Waals surface area contributed by atoms with Crippen molar-refractivity contribution < 1.29 is 91.3 Å². The van der Waals surface area contributed by atoms with E-state index in [4.69, 9.17) is 48.7 Å². The number of aromatic nitrogens is 10. The van der Waals surface area contributed by atoms with Crippen LogP contribution in [-0.4, -0.2) is 302 Å². The number of hydrogen-bond donors (Lipinski definition) is 5. The lowest BCUT2D eigenvalue weighted by atomic mass is 9.78. The number of fused-ring (bicyclic) bond motifs is 5. The van der Waals surface area contributed by atoms with E-state index in [1.54, 1.807) is 66.6 Å². The number of piperazine rings is 2. The monoisotopic (exact) mass is 1860 g/mol. The van der Waals surface area contributed by atoms with Crippen LogP contribution in [0.1, 0.15) is 186 Å². The third kappa shape index (κ3) is 27.6. The van der Waals surface area contributed by atoms with E-state index in [2.05, 4.69) is 55.0 Å². The molecule has 1 saturated carbocycles. The molecule has 2 bridgehead atoms. The van der Waals surface area contributed by atoms with Crippen molar-refractivity contribution in [1.82, 2.24) is 69.7 Å². The summed E-state index contributed by atoms with van der Waals surface area (Å²) in [5.74, 6) is -7.89. The van der Waals surface area contributed by atoms with Crippen LogP contribution in [0.4, 0.5) is 17.7 Å². The number of pyridine rings is 1. The zero-order chi connectivity index (χ0) is 95.5. The Morgan fingerprint density at radius 1 is 0.716 bits per heavy atom. The van der Waals surface area contributed by atoms with Gasteiger partial charge in [-0.15, -0.1) is 0 Å². The Kier molecular flexibility index (Phi) is 38.0. The molecule has 0 radical (unpaired) electrons. The number of aromatic amines is 1. The molecule has 0 unspecified atom stereocenters. The molecule has 5 aliphatic heterocycles. The fraction of sp³-hybridized carbons (Fsp3) is 0.622. The normalized spacial score (nSPS) is 27.2. The number of ether oxygens (including phenoxy) is 8. The predicted octanol–water partition coefficient (Wildman–Crippen LogP) is 9.05. The highest BCUT2D eigenvalue weighted by Gasteiger charge is 2.53. The summed E-state index contributed by atoms with van der Waals surface area (Å²) in [5.41, 5.74) is 11.5. The fourth-order valence-electron chi connectivity index (χ4n) is 18.9. The van der Waals surface area contributed by atoms with Gasteiger partial charge in [-0.25, -0.2) is 44.4 Å². The molecule has 36 heteroatoms. The molecule has 4 saturated heterocycles. The number of carbonyl (C=O) groups excluding carboxylic acids is 9. The molecule has 728 valence electrons. The molecule has 6 aliphatic rings. The summed E-state index contributed by atoms with van der Waals surface area (Å²) in [6.45, 7) is 20.5. The number of hydrogen-bond acceptors (Lipinski definition) is 31. The summed E-state index contributed by atoms with van der Waals surface area (Å²) in [6, 6.07) is 2.74. The van der Waals surface area contributed by atoms with Crippen molar-refractivity contribution >= 4 is 92.6 Å². The van der Waals surface area contributed by atoms with Crippen molar-refractivity contribution in [3.8, 4) is 11.3 Å². The van der Waals surface area contributed by atoms with E-state index in [9.17, 15) is 53.4 Å². The summed E-state index contributed by atoms with van der Waals surface area (Å²) in [4.78, 5) is 169. The SMILES string of the molecule is CO[C@H]1C[C@@H]2CC[C@@H](C)[C@@](O)(O2)C(=O)C(=O)N2CCCC[C@H]2C(=O)O[C@H]([C@H](C)C[C@@H]2CC[C@@H](OC(=O)CCc3cnc(N4CCN(C(=O)CCOCCN5CCN(c6ncc(C(=O)NCCOCCC(=O)CCCCCn7nc(-c8cnc9[nH]ccc9c8)c8c(N)ncnc87)cn6)CC5)CC4)nc3)[C@H](OC)C2)CC(=O)[C@H](C)/C=C(\C)[C@@H](O)[C@@H](OC)C(=O)[C@H](C)C[C@H](C)/C=C/C=C/C=C/1C. The number of nitrogens with two attached hydrogens (primary N) is 1. The molecule has 15 atom stereocenters. The Morgan fingerprint density at radius 2 is 1.45 bits per heavy atom. The number of nitrogen functional groups attached to an aromatic ring is 1. The minimum absolute atomic E-state index is 0.0142. The Morgan fingerprint density at radius 3 is 2.19 bits per heavy atom. The van der Waals surface area contributed by atoms with Gasteiger partial charge >= 0.3 is 11.9 Å². The highest BCUT2D eigenvalue weighted by molar-refractivity contribution is 6.39. The number of rotatable bonds is 32. The van der Waals surface area contributed by atoms with Crippen LogP contribution < -0.4 is 20.9 Å². The number of amides is 3. The number of cyclic esters (lactones) is 1. The number of aliphatic hydroxyl groups excluding tert-OH is 1. The van der Waals surface area contributed by atoms with Crippen molar-refractivity contribution in [2.24, 2.45) is 35.5 Å². The second-order valence-electron chi connectivity index (χ2n) is 36.9. The van der Waals surface area contributed by atoms with E-state index in [-0.39, 0.29) is 106 Å². The zero-order valence-electron chi connectivity index (χ0n) is 79.4. The largest absolute Gasteiger partial charge is 0.460 e. The second kappa shape index (κ2) is 49.8. The van der Waals surface area contributed by atoms with Crippen LogP contribution >= 0.6 is 0 Å². The van der Waals surface area contributed by atoms with Crippen LogP contribution in [0.25, 0.3) is 33.3 Å². The number of Topliss-reactive ketones (excluding diaryl/α,β-unsaturated/α-hetero) is 4. The van der Waals surface area contributed by atoms with Gasteiger partial charge in [-0.05, 0) is 144 Å². The molecule has 11 heterocycles. The maximum atomic E-state index is 14.8. The average molecular weight is 1860 g/mol. The van der Waals surface area contributed by atoms with E-state index in [1.807, 2.05) is 84.0 Å². The second-order valence-corrected chi connectivity index (χ2v) is 36.9. The molecule has 12 rings (SSSR count). The van der Waals surface area contributed by atoms with Gasteiger partial charge in [0.25, 0.3) is 17.6 Å². The van der Waals surface area contributed by atoms with Crippen LogP contribution in [0.5, 0.6) is 0 Å². The van der Waals surface area contributed by atoms with Crippen LogP contribution in [0.3, 0.4) is 0 Å². The first-order chi connectivity index (χ1) is 64.6. The number of unbranched alkanes of at least 4 members (excludes halogenated alkanes) is 2. The Labute approximate surface area is 784 Å². The number of allylic oxidation sites excluding steroid dienone is 6. The van der Waals surface area contributed by atoms with Gasteiger partial charge in [0.2, 0.25) is 23.6 Å². The molecule has 134 heavy (non-hydrogen) atoms. The predicted molar refractivity (Wildman–Crippen MR) is 500 cm³/mol. The van der Waals surface area contributed by atoms with E-state index in [0.717, 1.165) is 60.1 Å². The van der Waals surface area contributed by atoms with E-state index >= 15 is 0 Å². The lowest BCUT2D eigenvalue weighted by Crippen LogP contribution is -2.61. The van der Waals surface area contributed by atoms with E-state index < -0.39 is 102 Å². The number of methoxy groups -OCH3 is 3. The van der Waals surface area contributed by atoms with Crippen molar-refractivity contribution in [3.63, 3.8) is 0 Å². The number of nitrogens with zero attached hydrogens (tertiary/aromatic N) is 14. The Hall–Kier alpha value is -10.6. The number of esters is 2. The molecule has 0 spiro atoms. The lowest BCUT2D eigenvalue weighted by molar-refractivity contribution is -0.265. The summed E-state index contributed by atoms with van der Waals surface area (Å²) < 4.78 is 49.8. The van der Waals surface area contributed by atoms with Gasteiger partial charge in [-0.2, -0.15) is 5.10 Å². The number of aryl methyl sites for hydroxylation is 2. The molecular weight excluding hydrogens is 1720 g/mol. The third-order valence-corrected chi connectivity index (χ3v) is 27.1. The van der Waals surface area contributed by atoms with Crippen LogP contribution in [0.15, 0.2) is 103 Å². The van der Waals surface area contributed by atoms with Gasteiger partial charge in [0.05, 0.1) is 62.1 Å². The number of aliphatic hydroxyl groups is 2. The number of piperidine rings is 1. The molecule has 6 aromatic rings. The molecule has 6 N–H and O–H groups in total. The van der Waals surface area contributed by atoms with Crippen LogP contribution in [0, 0.1) is 35.5 Å². The van der Waals surface area contributed by atoms with Crippen molar-refractivity contribution in [2.45, 2.75) is 238 Å². The van der Waals surface area contributed by atoms with E-state index in [1.165, 1.54) is 30.7 Å². The molecule has 1 aliphatic carbocycles.